The summed E-state index contributed by atoms with van der Waals surface area (Å²) in [7, 11) is 5.06. The van der Waals surface area contributed by atoms with E-state index in [1.165, 1.54) is 0 Å². The number of carbonyl (C=O) groups is 1. The average Bonchev–Trinajstić information content (AvgIpc) is 3.50. The van der Waals surface area contributed by atoms with Crippen molar-refractivity contribution in [2.75, 3.05) is 32.7 Å². The minimum absolute atomic E-state index is 0.0137. The van der Waals surface area contributed by atoms with Gasteiger partial charge < -0.3 is 34.4 Å². The Balaban J connectivity index is 1.55. The van der Waals surface area contributed by atoms with Gasteiger partial charge in [0.2, 0.25) is 11.8 Å². The summed E-state index contributed by atoms with van der Waals surface area (Å²) in [5.74, 6) is 1.86. The first-order chi connectivity index (χ1) is 17.1. The molecule has 0 spiro atoms. The van der Waals surface area contributed by atoms with Gasteiger partial charge in [0, 0.05) is 56.7 Å². The Morgan fingerprint density at radius 2 is 2.09 bits per heavy atom. The van der Waals surface area contributed by atoms with Crippen LogP contribution in [0.4, 0.5) is 11.6 Å². The van der Waals surface area contributed by atoms with E-state index in [1.54, 1.807) is 38.6 Å². The van der Waals surface area contributed by atoms with Gasteiger partial charge in [0.1, 0.15) is 23.3 Å². The van der Waals surface area contributed by atoms with Gasteiger partial charge in [-0.3, -0.25) is 4.79 Å². The van der Waals surface area contributed by atoms with Crippen molar-refractivity contribution in [1.29, 1.82) is 0 Å². The second-order valence-electron chi connectivity index (χ2n) is 8.19. The second kappa shape index (κ2) is 9.63. The fraction of sp³-hybridized carbons (Fsp3) is 0.333. The van der Waals surface area contributed by atoms with Crippen LogP contribution in [-0.4, -0.2) is 63.9 Å². The molecule has 0 saturated carbocycles. The Kier molecular flexibility index (Phi) is 6.23. The summed E-state index contributed by atoms with van der Waals surface area (Å²) in [6.07, 6.45) is 7.05. The predicted molar refractivity (Wildman–Crippen MR) is 130 cm³/mol. The van der Waals surface area contributed by atoms with Crippen LogP contribution in [0.25, 0.3) is 22.4 Å². The molecule has 4 aromatic rings. The zero-order chi connectivity index (χ0) is 24.4. The van der Waals surface area contributed by atoms with Crippen LogP contribution in [0.5, 0.6) is 11.6 Å². The van der Waals surface area contributed by atoms with Gasteiger partial charge >= 0.3 is 0 Å². The van der Waals surface area contributed by atoms with Crippen LogP contribution in [-0.2, 0) is 11.8 Å². The molecule has 1 aromatic carbocycles. The van der Waals surface area contributed by atoms with Crippen LogP contribution in [0.1, 0.15) is 23.2 Å². The molecule has 1 aliphatic heterocycles. The lowest BCUT2D eigenvalue weighted by Crippen LogP contribution is -2.26. The number of aryl methyl sites for hydroxylation is 1. The normalized spacial score (nSPS) is 14.1. The van der Waals surface area contributed by atoms with E-state index in [0.717, 1.165) is 29.6 Å². The maximum absolute atomic E-state index is 12.0. The van der Waals surface area contributed by atoms with Crippen molar-refractivity contribution >= 4 is 28.6 Å². The number of amides is 1. The quantitative estimate of drug-likeness (QED) is 0.371. The number of imidazole rings is 1. The van der Waals surface area contributed by atoms with E-state index in [9.17, 15) is 4.79 Å². The highest BCUT2D eigenvalue weighted by Crippen LogP contribution is 2.36. The van der Waals surface area contributed by atoms with Gasteiger partial charge in [-0.2, -0.15) is 9.97 Å². The number of benzene rings is 1. The molecule has 4 heterocycles. The zero-order valence-electron chi connectivity index (χ0n) is 19.8. The Morgan fingerprint density at radius 1 is 1.26 bits per heavy atom. The molecule has 11 nitrogen and oxygen atoms in total. The number of rotatable bonds is 7. The molecule has 0 atom stereocenters. The average molecular weight is 478 g/mol. The Morgan fingerprint density at radius 3 is 2.80 bits per heavy atom. The van der Waals surface area contributed by atoms with Gasteiger partial charge in [0.15, 0.2) is 0 Å². The summed E-state index contributed by atoms with van der Waals surface area (Å²) < 4.78 is 19.3. The maximum atomic E-state index is 12.0. The number of nitrogens with one attached hydrogen (secondary N) is 3. The number of ether oxygens (including phenoxy) is 3. The highest BCUT2D eigenvalue weighted by Gasteiger charge is 2.23. The number of H-pyrrole nitrogens is 1. The lowest BCUT2D eigenvalue weighted by molar-refractivity contribution is 0.0244. The SMILES string of the molecule is CNC(=O)c1ccc(Nc2nc(OC3CCOCC3)c3c(-c4nccn4C)c[nH]c3n2)c(OC)c1. The van der Waals surface area contributed by atoms with E-state index in [0.29, 0.717) is 47.7 Å². The number of fused-ring (bicyclic) bond motifs is 1. The third-order valence-corrected chi connectivity index (χ3v) is 5.94. The molecule has 11 heteroatoms. The lowest BCUT2D eigenvalue weighted by atomic mass is 10.1. The minimum Gasteiger partial charge on any atom is -0.495 e. The molecule has 1 amide bonds. The Labute approximate surface area is 201 Å². The first-order valence-corrected chi connectivity index (χ1v) is 11.4. The first kappa shape index (κ1) is 22.7. The van der Waals surface area contributed by atoms with E-state index < -0.39 is 0 Å². The van der Waals surface area contributed by atoms with Crippen LogP contribution >= 0.6 is 0 Å². The molecule has 0 bridgehead atoms. The van der Waals surface area contributed by atoms with Gasteiger partial charge in [-0.25, -0.2) is 4.98 Å². The highest BCUT2D eigenvalue weighted by atomic mass is 16.5. The van der Waals surface area contributed by atoms with Gasteiger partial charge in [0.25, 0.3) is 5.91 Å². The second-order valence-corrected chi connectivity index (χ2v) is 8.19. The molecule has 1 saturated heterocycles. The zero-order valence-corrected chi connectivity index (χ0v) is 19.8. The summed E-state index contributed by atoms with van der Waals surface area (Å²) in [5.41, 5.74) is 2.57. The largest absolute Gasteiger partial charge is 0.495 e. The van der Waals surface area contributed by atoms with Crippen molar-refractivity contribution in [2.45, 2.75) is 18.9 Å². The molecule has 182 valence electrons. The van der Waals surface area contributed by atoms with Crippen molar-refractivity contribution in [3.05, 3.63) is 42.4 Å². The van der Waals surface area contributed by atoms with Crippen LogP contribution in [0.15, 0.2) is 36.8 Å². The topological polar surface area (TPSA) is 128 Å². The van der Waals surface area contributed by atoms with Crippen LogP contribution in [0.2, 0.25) is 0 Å². The fourth-order valence-electron chi connectivity index (χ4n) is 4.09. The molecule has 35 heavy (non-hydrogen) atoms. The molecule has 0 radical (unpaired) electrons. The standard InChI is InChI=1S/C24H27N7O4/c1-25-22(32)14-4-5-17(18(12-14)33-3)28-24-29-20-19(16(13-27-20)21-26-8-9-31(21)2)23(30-24)35-15-6-10-34-11-7-15/h4-5,8-9,12-13,15H,6-7,10-11H2,1-3H3,(H,25,32)(H2,27,28,29,30). The monoisotopic (exact) mass is 477 g/mol. The molecule has 3 aromatic heterocycles. The summed E-state index contributed by atoms with van der Waals surface area (Å²) in [6, 6.07) is 5.12. The van der Waals surface area contributed by atoms with Gasteiger partial charge in [-0.05, 0) is 18.2 Å². The molecule has 3 N–H and O–H groups in total. The van der Waals surface area contributed by atoms with Crippen LogP contribution in [0, 0.1) is 0 Å². The lowest BCUT2D eigenvalue weighted by Gasteiger charge is -2.23. The highest BCUT2D eigenvalue weighted by molar-refractivity contribution is 5.97. The molecule has 1 fully saturated rings. The van der Waals surface area contributed by atoms with E-state index in [4.69, 9.17) is 19.2 Å². The number of methoxy groups -OCH3 is 1. The summed E-state index contributed by atoms with van der Waals surface area (Å²) >= 11 is 0. The molecular weight excluding hydrogens is 450 g/mol. The Bertz CT molecular complexity index is 1360. The van der Waals surface area contributed by atoms with Crippen LogP contribution in [0.3, 0.4) is 0 Å². The third-order valence-electron chi connectivity index (χ3n) is 5.94. The number of aromatic amines is 1. The van der Waals surface area contributed by atoms with Crippen molar-refractivity contribution in [3.8, 4) is 23.0 Å². The molecule has 1 aliphatic rings. The van der Waals surface area contributed by atoms with Crippen molar-refractivity contribution < 1.29 is 19.0 Å². The number of aromatic nitrogens is 5. The van der Waals surface area contributed by atoms with Crippen LogP contribution < -0.4 is 20.1 Å². The molecular formula is C24H27N7O4. The predicted octanol–water partition coefficient (Wildman–Crippen LogP) is 3.03. The maximum Gasteiger partial charge on any atom is 0.251 e. The van der Waals surface area contributed by atoms with Gasteiger partial charge in [0.05, 0.1) is 31.4 Å². The number of carbonyl (C=O) groups excluding carboxylic acids is 1. The number of hydrogen-bond acceptors (Lipinski definition) is 8. The summed E-state index contributed by atoms with van der Waals surface area (Å²) in [6.45, 7) is 1.30. The molecule has 5 rings (SSSR count). The van der Waals surface area contributed by atoms with Crippen molar-refractivity contribution in [3.63, 3.8) is 0 Å². The number of nitrogens with zero attached hydrogens (tertiary/aromatic N) is 4. The minimum atomic E-state index is -0.201. The van der Waals surface area contributed by atoms with Gasteiger partial charge in [-0.15, -0.1) is 0 Å². The molecule has 0 aliphatic carbocycles. The molecule has 0 unspecified atom stereocenters. The van der Waals surface area contributed by atoms with E-state index in [2.05, 4.69) is 25.6 Å². The van der Waals surface area contributed by atoms with Crippen molar-refractivity contribution in [1.82, 2.24) is 29.8 Å². The first-order valence-electron chi connectivity index (χ1n) is 11.4. The Hall–Kier alpha value is -4.12. The summed E-state index contributed by atoms with van der Waals surface area (Å²) in [5, 5.41) is 6.58. The number of hydrogen-bond donors (Lipinski definition) is 3. The third kappa shape index (κ3) is 4.50. The van der Waals surface area contributed by atoms with E-state index in [-0.39, 0.29) is 12.0 Å². The fourth-order valence-corrected chi connectivity index (χ4v) is 4.09. The van der Waals surface area contributed by atoms with Crippen molar-refractivity contribution in [2.24, 2.45) is 7.05 Å². The van der Waals surface area contributed by atoms with E-state index in [1.807, 2.05) is 24.0 Å². The van der Waals surface area contributed by atoms with E-state index >= 15 is 0 Å². The summed E-state index contributed by atoms with van der Waals surface area (Å²) in [4.78, 5) is 29.1. The smallest absolute Gasteiger partial charge is 0.251 e. The number of anilines is 2. The van der Waals surface area contributed by atoms with Gasteiger partial charge in [-0.1, -0.05) is 0 Å².